The van der Waals surface area contributed by atoms with Gasteiger partial charge >= 0.3 is 0 Å². The van der Waals surface area contributed by atoms with E-state index in [-0.39, 0.29) is 0 Å². The highest BCUT2D eigenvalue weighted by Crippen LogP contribution is 2.09. The second kappa shape index (κ2) is 4.18. The van der Waals surface area contributed by atoms with Gasteiger partial charge in [-0.3, -0.25) is 0 Å². The van der Waals surface area contributed by atoms with E-state index < -0.39 is 0 Å². The van der Waals surface area contributed by atoms with Gasteiger partial charge in [0.25, 0.3) is 0 Å². The van der Waals surface area contributed by atoms with Crippen molar-refractivity contribution in [3.8, 4) is 11.8 Å². The molecular weight excluding hydrogens is 174 g/mol. The van der Waals surface area contributed by atoms with Gasteiger partial charge in [0.05, 0.1) is 11.3 Å². The first-order chi connectivity index (χ1) is 5.75. The first-order valence-corrected chi connectivity index (χ1v) is 4.27. The molecule has 0 radical (unpaired) electrons. The third kappa shape index (κ3) is 2.02. The lowest BCUT2D eigenvalue weighted by Crippen LogP contribution is -1.78. The summed E-state index contributed by atoms with van der Waals surface area (Å²) in [6, 6.07) is 0. The predicted molar refractivity (Wildman–Crippen MR) is 48.2 cm³/mol. The summed E-state index contributed by atoms with van der Waals surface area (Å²) in [4.78, 5) is 0. The lowest BCUT2D eigenvalue weighted by atomic mass is 10.2. The van der Waals surface area contributed by atoms with E-state index in [1.807, 2.05) is 13.8 Å². The Kier molecular flexibility index (Phi) is 3.19. The zero-order chi connectivity index (χ0) is 8.97. The summed E-state index contributed by atoms with van der Waals surface area (Å²) >= 11 is 5.48. The molecule has 1 aromatic rings. The second-order valence-electron chi connectivity index (χ2n) is 2.44. The quantitative estimate of drug-likeness (QED) is 0.493. The van der Waals surface area contributed by atoms with Crippen LogP contribution < -0.4 is 0 Å². The molecule has 0 N–H and O–H groups in total. The molecule has 12 heavy (non-hydrogen) atoms. The number of nitrogens with zero attached hydrogens (tertiary/aromatic N) is 1. The Bertz CT molecular complexity index is 300. The van der Waals surface area contributed by atoms with Gasteiger partial charge in [-0.2, -0.15) is 0 Å². The summed E-state index contributed by atoms with van der Waals surface area (Å²) in [6.45, 7) is 3.73. The van der Waals surface area contributed by atoms with E-state index in [9.17, 15) is 0 Å². The smallest absolute Gasteiger partial charge is 0.149 e. The first kappa shape index (κ1) is 9.15. The Labute approximate surface area is 76.9 Å². The van der Waals surface area contributed by atoms with Crippen LogP contribution in [0.3, 0.4) is 0 Å². The van der Waals surface area contributed by atoms with Crippen molar-refractivity contribution in [3.05, 3.63) is 17.0 Å². The van der Waals surface area contributed by atoms with Crippen LogP contribution in [-0.4, -0.2) is 11.0 Å². The summed E-state index contributed by atoms with van der Waals surface area (Å²) in [7, 11) is 0. The molecule has 1 heterocycles. The van der Waals surface area contributed by atoms with Crippen LogP contribution in [0.15, 0.2) is 4.52 Å². The Morgan fingerprint density at radius 3 is 2.75 bits per heavy atom. The summed E-state index contributed by atoms with van der Waals surface area (Å²) in [5, 5.41) is 3.78. The van der Waals surface area contributed by atoms with Crippen LogP contribution in [0.1, 0.15) is 23.4 Å². The maximum absolute atomic E-state index is 5.48. The van der Waals surface area contributed by atoms with Crippen LogP contribution >= 0.6 is 11.6 Å². The Hall–Kier alpha value is -0.940. The molecule has 0 spiro atoms. The highest BCUT2D eigenvalue weighted by Gasteiger charge is 2.04. The van der Waals surface area contributed by atoms with E-state index in [1.54, 1.807) is 0 Å². The van der Waals surface area contributed by atoms with Crippen molar-refractivity contribution in [2.24, 2.45) is 0 Å². The predicted octanol–water partition coefficient (Wildman–Crippen LogP) is 2.27. The van der Waals surface area contributed by atoms with Crippen molar-refractivity contribution >= 4 is 11.6 Å². The number of aromatic nitrogens is 1. The highest BCUT2D eigenvalue weighted by molar-refractivity contribution is 6.18. The number of hydrogen-bond donors (Lipinski definition) is 0. The lowest BCUT2D eigenvalue weighted by Gasteiger charge is -1.83. The molecule has 0 aliphatic carbocycles. The maximum Gasteiger partial charge on any atom is 0.149 e. The van der Waals surface area contributed by atoms with Crippen LogP contribution in [0, 0.1) is 25.7 Å². The number of hydrogen-bond acceptors (Lipinski definition) is 2. The largest absolute Gasteiger partial charge is 0.360 e. The van der Waals surface area contributed by atoms with Crippen LogP contribution in [0.5, 0.6) is 0 Å². The highest BCUT2D eigenvalue weighted by atomic mass is 35.5. The van der Waals surface area contributed by atoms with Crippen molar-refractivity contribution < 1.29 is 4.52 Å². The molecule has 0 saturated heterocycles. The van der Waals surface area contributed by atoms with Crippen LogP contribution in [0.25, 0.3) is 0 Å². The molecule has 0 bridgehead atoms. The molecular formula is C9H10ClNO. The Morgan fingerprint density at radius 2 is 2.25 bits per heavy atom. The molecule has 1 aromatic heterocycles. The van der Waals surface area contributed by atoms with Gasteiger partial charge in [0.15, 0.2) is 0 Å². The Morgan fingerprint density at radius 1 is 1.50 bits per heavy atom. The van der Waals surface area contributed by atoms with Crippen molar-refractivity contribution in [1.82, 2.24) is 5.16 Å². The zero-order valence-electron chi connectivity index (χ0n) is 7.15. The van der Waals surface area contributed by atoms with Gasteiger partial charge in [-0.25, -0.2) is 0 Å². The van der Waals surface area contributed by atoms with Gasteiger partial charge in [-0.05, 0) is 13.8 Å². The number of alkyl halides is 1. The van der Waals surface area contributed by atoms with Crippen molar-refractivity contribution in [2.45, 2.75) is 20.3 Å². The normalized spacial score (nSPS) is 9.25. The van der Waals surface area contributed by atoms with Crippen LogP contribution in [0.4, 0.5) is 0 Å². The van der Waals surface area contributed by atoms with Crippen molar-refractivity contribution in [1.29, 1.82) is 0 Å². The lowest BCUT2D eigenvalue weighted by molar-refractivity contribution is 0.393. The molecule has 1 rings (SSSR count). The van der Waals surface area contributed by atoms with Gasteiger partial charge in [0, 0.05) is 12.3 Å². The summed E-state index contributed by atoms with van der Waals surface area (Å²) in [6.07, 6.45) is 0.700. The second-order valence-corrected chi connectivity index (χ2v) is 2.82. The molecule has 0 aliphatic heterocycles. The molecule has 0 unspecified atom stereocenters. The maximum atomic E-state index is 5.48. The van der Waals surface area contributed by atoms with E-state index in [0.29, 0.717) is 12.3 Å². The van der Waals surface area contributed by atoms with Gasteiger partial charge in [0.1, 0.15) is 5.76 Å². The molecule has 3 heteroatoms. The number of halogens is 1. The average molecular weight is 184 g/mol. The van der Waals surface area contributed by atoms with Crippen molar-refractivity contribution in [3.63, 3.8) is 0 Å². The van der Waals surface area contributed by atoms with Gasteiger partial charge in [-0.15, -0.1) is 11.6 Å². The molecule has 0 atom stereocenters. The number of rotatable bonds is 1. The van der Waals surface area contributed by atoms with Crippen LogP contribution in [0.2, 0.25) is 0 Å². The third-order valence-corrected chi connectivity index (χ3v) is 1.66. The molecule has 2 nitrogen and oxygen atoms in total. The molecule has 64 valence electrons. The molecule has 0 saturated carbocycles. The fourth-order valence-electron chi connectivity index (χ4n) is 0.860. The van der Waals surface area contributed by atoms with E-state index in [2.05, 4.69) is 17.0 Å². The Balaban J connectivity index is 2.82. The molecule has 0 aliphatic rings. The minimum Gasteiger partial charge on any atom is -0.360 e. The average Bonchev–Trinajstić information content (AvgIpc) is 2.35. The molecule has 0 amide bonds. The molecule has 0 aromatic carbocycles. The minimum absolute atomic E-state index is 0.566. The van der Waals surface area contributed by atoms with Gasteiger partial charge < -0.3 is 4.52 Å². The first-order valence-electron chi connectivity index (χ1n) is 3.73. The van der Waals surface area contributed by atoms with Crippen molar-refractivity contribution in [2.75, 3.05) is 5.88 Å². The van der Waals surface area contributed by atoms with Crippen LogP contribution in [-0.2, 0) is 0 Å². The van der Waals surface area contributed by atoms with Gasteiger partial charge in [0.2, 0.25) is 0 Å². The molecule has 0 fully saturated rings. The summed E-state index contributed by atoms with van der Waals surface area (Å²) in [5.41, 5.74) is 1.73. The third-order valence-electron chi connectivity index (χ3n) is 1.47. The minimum atomic E-state index is 0.566. The zero-order valence-corrected chi connectivity index (χ0v) is 7.90. The number of aryl methyl sites for hydroxylation is 2. The fraction of sp³-hybridized carbons (Fsp3) is 0.444. The SMILES string of the molecule is Cc1noc(C)c1C#CCCCl. The summed E-state index contributed by atoms with van der Waals surface area (Å²) < 4.78 is 4.94. The van der Waals surface area contributed by atoms with E-state index in [4.69, 9.17) is 16.1 Å². The standard InChI is InChI=1S/C9H10ClNO/c1-7-9(5-3-4-6-10)8(2)12-11-7/h4,6H2,1-2H3. The van der Waals surface area contributed by atoms with E-state index in [0.717, 1.165) is 17.0 Å². The monoisotopic (exact) mass is 183 g/mol. The van der Waals surface area contributed by atoms with Gasteiger partial charge in [-0.1, -0.05) is 17.0 Å². The van der Waals surface area contributed by atoms with E-state index in [1.165, 1.54) is 0 Å². The summed E-state index contributed by atoms with van der Waals surface area (Å²) in [5.74, 6) is 7.25. The topological polar surface area (TPSA) is 26.0 Å². The fourth-order valence-corrected chi connectivity index (χ4v) is 0.954. The van der Waals surface area contributed by atoms with E-state index >= 15 is 0 Å².